The maximum Gasteiger partial charge on any atom is 0.330 e. The van der Waals surface area contributed by atoms with E-state index in [4.69, 9.17) is 16.3 Å². The molecule has 4 rings (SSSR count). The van der Waals surface area contributed by atoms with Crippen LogP contribution in [0.25, 0.3) is 0 Å². The molecule has 5 atom stereocenters. The Labute approximate surface area is 196 Å². The van der Waals surface area contributed by atoms with Gasteiger partial charge in [-0.2, -0.15) is 0 Å². The van der Waals surface area contributed by atoms with Crippen LogP contribution in [0, 0.1) is 29.6 Å². The molecule has 0 spiro atoms. The number of rotatable bonds is 6. The molecule has 1 aromatic rings. The lowest BCUT2D eigenvalue weighted by Gasteiger charge is -2.28. The lowest BCUT2D eigenvalue weighted by Crippen LogP contribution is -2.50. The minimum absolute atomic E-state index is 0.168. The number of amides is 4. The van der Waals surface area contributed by atoms with Gasteiger partial charge in [-0.15, -0.1) is 0 Å². The van der Waals surface area contributed by atoms with Gasteiger partial charge in [0.2, 0.25) is 11.8 Å². The van der Waals surface area contributed by atoms with E-state index in [-0.39, 0.29) is 52.0 Å². The van der Waals surface area contributed by atoms with Crippen LogP contribution in [0.15, 0.2) is 24.3 Å². The summed E-state index contributed by atoms with van der Waals surface area (Å²) in [5.74, 6) is -3.49. The molecular formula is C23H26ClN3O6. The lowest BCUT2D eigenvalue weighted by molar-refractivity contribution is -0.162. The summed E-state index contributed by atoms with van der Waals surface area (Å²) < 4.78 is 5.12. The molecule has 176 valence electrons. The third-order valence-corrected chi connectivity index (χ3v) is 7.22. The number of hydrogen-bond acceptors (Lipinski definition) is 6. The number of halogens is 1. The van der Waals surface area contributed by atoms with Crippen LogP contribution in [0.2, 0.25) is 5.02 Å². The minimum Gasteiger partial charge on any atom is -0.454 e. The van der Waals surface area contributed by atoms with Crippen LogP contribution in [0.4, 0.5) is 0 Å². The average Bonchev–Trinajstić information content (AvgIpc) is 3.46. The summed E-state index contributed by atoms with van der Waals surface area (Å²) in [4.78, 5) is 64.2. The molecule has 1 saturated heterocycles. The Morgan fingerprint density at radius 1 is 1.06 bits per heavy atom. The van der Waals surface area contributed by atoms with Crippen LogP contribution in [0.1, 0.15) is 43.5 Å². The van der Waals surface area contributed by atoms with E-state index in [2.05, 4.69) is 10.9 Å². The molecular weight excluding hydrogens is 450 g/mol. The number of carbonyl (C=O) groups excluding carboxylic acids is 5. The van der Waals surface area contributed by atoms with E-state index in [1.807, 2.05) is 0 Å². The largest absolute Gasteiger partial charge is 0.454 e. The van der Waals surface area contributed by atoms with E-state index >= 15 is 0 Å². The number of hydrogen-bond donors (Lipinski definition) is 2. The second-order valence-corrected chi connectivity index (χ2v) is 9.62. The summed E-state index contributed by atoms with van der Waals surface area (Å²) in [5.41, 5.74) is 4.51. The maximum absolute atomic E-state index is 13.1. The van der Waals surface area contributed by atoms with Crippen molar-refractivity contribution in [3.63, 3.8) is 0 Å². The first-order valence-electron chi connectivity index (χ1n) is 11.1. The van der Waals surface area contributed by atoms with Gasteiger partial charge in [-0.3, -0.25) is 34.9 Å². The van der Waals surface area contributed by atoms with Crippen molar-refractivity contribution in [3.05, 3.63) is 34.9 Å². The highest BCUT2D eigenvalue weighted by Gasteiger charge is 2.62. The first kappa shape index (κ1) is 23.2. The van der Waals surface area contributed by atoms with Crippen LogP contribution < -0.4 is 10.9 Å². The molecule has 3 fully saturated rings. The van der Waals surface area contributed by atoms with Gasteiger partial charge in [-0.05, 0) is 49.1 Å². The van der Waals surface area contributed by atoms with Gasteiger partial charge in [-0.25, -0.2) is 4.79 Å². The van der Waals surface area contributed by atoms with Crippen LogP contribution in [0.3, 0.4) is 0 Å². The number of ether oxygens (including phenoxy) is 1. The molecule has 2 saturated carbocycles. The molecule has 2 N–H and O–H groups in total. The zero-order chi connectivity index (χ0) is 23.9. The minimum atomic E-state index is -1.10. The SMILES string of the molecule is CC(C)[C@@H](C(=O)OCC(=O)NNC(=O)c1ccccc1Cl)N1C(=O)[C@@H]2[C@H]3CC[C@@H](C3)[C@@H]2C1=O. The Balaban J connectivity index is 1.34. The molecule has 33 heavy (non-hydrogen) atoms. The fraction of sp³-hybridized carbons (Fsp3) is 0.522. The highest BCUT2D eigenvalue weighted by molar-refractivity contribution is 6.33. The van der Waals surface area contributed by atoms with Crippen molar-refractivity contribution in [1.29, 1.82) is 0 Å². The highest BCUT2D eigenvalue weighted by Crippen LogP contribution is 2.56. The molecule has 3 aliphatic rings. The van der Waals surface area contributed by atoms with Crippen LogP contribution in [0.5, 0.6) is 0 Å². The molecule has 9 nitrogen and oxygen atoms in total. The van der Waals surface area contributed by atoms with E-state index < -0.39 is 30.4 Å². The van der Waals surface area contributed by atoms with Gasteiger partial charge < -0.3 is 4.74 Å². The van der Waals surface area contributed by atoms with Crippen LogP contribution in [-0.2, 0) is 23.9 Å². The number of hydrazine groups is 1. The summed E-state index contributed by atoms with van der Waals surface area (Å²) in [6, 6.07) is 5.21. The van der Waals surface area contributed by atoms with Crippen molar-refractivity contribution >= 4 is 41.2 Å². The summed E-state index contributed by atoms with van der Waals surface area (Å²) in [5, 5.41) is 0.216. The van der Waals surface area contributed by atoms with Crippen molar-refractivity contribution < 1.29 is 28.7 Å². The predicted molar refractivity (Wildman–Crippen MR) is 116 cm³/mol. The number of likely N-dealkylation sites (tertiary alicyclic amines) is 1. The number of nitrogens with zero attached hydrogens (tertiary/aromatic N) is 1. The normalized spacial score (nSPS) is 26.4. The topological polar surface area (TPSA) is 122 Å². The molecule has 2 aliphatic carbocycles. The van der Waals surface area contributed by atoms with Gasteiger partial charge in [0, 0.05) is 0 Å². The zero-order valence-electron chi connectivity index (χ0n) is 18.4. The van der Waals surface area contributed by atoms with Gasteiger partial charge in [-0.1, -0.05) is 37.6 Å². The third-order valence-electron chi connectivity index (χ3n) is 6.89. The summed E-state index contributed by atoms with van der Waals surface area (Å²) >= 11 is 5.94. The first-order valence-corrected chi connectivity index (χ1v) is 11.5. The maximum atomic E-state index is 13.1. The van der Waals surface area contributed by atoms with Crippen LogP contribution >= 0.6 is 11.6 Å². The summed E-state index contributed by atoms with van der Waals surface area (Å²) in [7, 11) is 0. The first-order chi connectivity index (χ1) is 15.7. The van der Waals surface area contributed by atoms with Crippen molar-refractivity contribution in [2.24, 2.45) is 29.6 Å². The van der Waals surface area contributed by atoms with Crippen molar-refractivity contribution in [2.45, 2.75) is 39.2 Å². The lowest BCUT2D eigenvalue weighted by atomic mass is 9.81. The highest BCUT2D eigenvalue weighted by atomic mass is 35.5. The monoisotopic (exact) mass is 475 g/mol. The number of imide groups is 1. The average molecular weight is 476 g/mol. The van der Waals surface area contributed by atoms with Gasteiger partial charge in [0.05, 0.1) is 22.4 Å². The fourth-order valence-electron chi connectivity index (χ4n) is 5.48. The van der Waals surface area contributed by atoms with E-state index in [0.717, 1.165) is 24.2 Å². The Morgan fingerprint density at radius 3 is 2.24 bits per heavy atom. The zero-order valence-corrected chi connectivity index (χ0v) is 19.1. The van der Waals surface area contributed by atoms with E-state index in [1.54, 1.807) is 26.0 Å². The number of benzene rings is 1. The van der Waals surface area contributed by atoms with E-state index in [0.29, 0.717) is 0 Å². The van der Waals surface area contributed by atoms with Gasteiger partial charge in [0.1, 0.15) is 6.04 Å². The van der Waals surface area contributed by atoms with Gasteiger partial charge in [0.25, 0.3) is 11.8 Å². The molecule has 4 amide bonds. The quantitative estimate of drug-likeness (QED) is 0.367. The summed E-state index contributed by atoms with van der Waals surface area (Å²) in [6.45, 7) is 2.76. The number of nitrogens with one attached hydrogen (secondary N) is 2. The Hall–Kier alpha value is -2.94. The molecule has 0 radical (unpaired) electrons. The Morgan fingerprint density at radius 2 is 1.67 bits per heavy atom. The van der Waals surface area contributed by atoms with E-state index in [9.17, 15) is 24.0 Å². The van der Waals surface area contributed by atoms with Crippen molar-refractivity contribution in [2.75, 3.05) is 6.61 Å². The van der Waals surface area contributed by atoms with Gasteiger partial charge >= 0.3 is 5.97 Å². The van der Waals surface area contributed by atoms with Crippen molar-refractivity contribution in [1.82, 2.24) is 15.8 Å². The molecule has 2 bridgehead atoms. The second-order valence-electron chi connectivity index (χ2n) is 9.21. The molecule has 1 aromatic carbocycles. The second kappa shape index (κ2) is 9.13. The number of esters is 1. The third kappa shape index (κ3) is 4.21. The summed E-state index contributed by atoms with van der Waals surface area (Å²) in [6.07, 6.45) is 2.78. The Bertz CT molecular complexity index is 984. The van der Waals surface area contributed by atoms with Crippen LogP contribution in [-0.4, -0.2) is 47.1 Å². The smallest absolute Gasteiger partial charge is 0.330 e. The Kier molecular flexibility index (Phi) is 6.43. The molecule has 0 unspecified atom stereocenters. The molecule has 10 heteroatoms. The molecule has 1 aliphatic heterocycles. The molecule has 0 aromatic heterocycles. The number of carbonyl (C=O) groups is 5. The van der Waals surface area contributed by atoms with Gasteiger partial charge in [0.15, 0.2) is 6.61 Å². The predicted octanol–water partition coefficient (Wildman–Crippen LogP) is 1.70. The van der Waals surface area contributed by atoms with E-state index in [1.165, 1.54) is 12.1 Å². The fourth-order valence-corrected chi connectivity index (χ4v) is 5.70. The number of fused-ring (bicyclic) bond motifs is 5. The molecule has 1 heterocycles. The van der Waals surface area contributed by atoms with Crippen molar-refractivity contribution in [3.8, 4) is 0 Å². The standard InChI is InChI=1S/C23H26ClN3O6/c1-11(2)19(27-21(30)17-12-7-8-13(9-12)18(17)22(27)31)23(32)33-10-16(28)25-26-20(29)14-5-3-4-6-15(14)24/h3-6,11-13,17-19H,7-10H2,1-2H3,(H,25,28)(H,26,29)/t12-,13-,17-,18+,19-/m0/s1.